The number of halogens is 2. The second kappa shape index (κ2) is 5.99. The molecule has 0 spiro atoms. The number of pyridine rings is 1. The van der Waals surface area contributed by atoms with Crippen molar-refractivity contribution in [2.45, 2.75) is 25.3 Å². The van der Waals surface area contributed by atoms with Gasteiger partial charge < -0.3 is 10.0 Å². The summed E-state index contributed by atoms with van der Waals surface area (Å²) in [4.78, 5) is 18.2. The quantitative estimate of drug-likeness (QED) is 0.865. The largest absolute Gasteiger partial charge is 0.396 e. The van der Waals surface area contributed by atoms with E-state index in [9.17, 15) is 4.79 Å². The lowest BCUT2D eigenvalue weighted by molar-refractivity contribution is 0.0716. The molecule has 18 heavy (non-hydrogen) atoms. The third kappa shape index (κ3) is 2.84. The number of aliphatic hydroxyl groups excluding tert-OH is 1. The molecule has 0 aromatic carbocycles. The Labute approximate surface area is 119 Å². The van der Waals surface area contributed by atoms with Gasteiger partial charge in [0.2, 0.25) is 0 Å². The second-order valence-electron chi connectivity index (χ2n) is 4.30. The molecule has 2 rings (SSSR count). The lowest BCUT2D eigenvalue weighted by Crippen LogP contribution is -2.36. The number of aliphatic hydroxyl groups is 1. The monoisotopic (exact) mass is 332 g/mol. The van der Waals surface area contributed by atoms with Crippen molar-refractivity contribution in [3.8, 4) is 0 Å². The summed E-state index contributed by atoms with van der Waals surface area (Å²) in [6.45, 7) is 0.811. The van der Waals surface area contributed by atoms with Crippen molar-refractivity contribution in [3.63, 3.8) is 0 Å². The first-order chi connectivity index (χ1) is 8.63. The number of rotatable bonds is 3. The highest BCUT2D eigenvalue weighted by Crippen LogP contribution is 2.26. The van der Waals surface area contributed by atoms with Crippen molar-refractivity contribution in [1.82, 2.24) is 9.88 Å². The van der Waals surface area contributed by atoms with E-state index < -0.39 is 0 Å². The second-order valence-corrected chi connectivity index (χ2v) is 5.57. The number of amides is 1. The van der Waals surface area contributed by atoms with Crippen LogP contribution in [-0.2, 0) is 0 Å². The minimum atomic E-state index is -0.107. The third-order valence-electron chi connectivity index (χ3n) is 3.14. The predicted octanol–water partition coefficient (Wildman–Crippen LogP) is 2.48. The van der Waals surface area contributed by atoms with Crippen molar-refractivity contribution < 1.29 is 9.90 Å². The zero-order chi connectivity index (χ0) is 13.1. The van der Waals surface area contributed by atoms with Crippen molar-refractivity contribution >= 4 is 33.4 Å². The minimum Gasteiger partial charge on any atom is -0.396 e. The maximum atomic E-state index is 12.4. The van der Waals surface area contributed by atoms with Crippen LogP contribution in [0.2, 0.25) is 5.15 Å². The molecule has 1 aliphatic heterocycles. The molecule has 1 atom stereocenters. The van der Waals surface area contributed by atoms with Gasteiger partial charge in [-0.1, -0.05) is 11.6 Å². The zero-order valence-corrected chi connectivity index (χ0v) is 12.1. The highest BCUT2D eigenvalue weighted by atomic mass is 79.9. The van der Waals surface area contributed by atoms with Gasteiger partial charge in [-0.2, -0.15) is 0 Å². The van der Waals surface area contributed by atoms with Crippen LogP contribution in [0.25, 0.3) is 0 Å². The third-order valence-corrected chi connectivity index (χ3v) is 3.87. The van der Waals surface area contributed by atoms with Crippen molar-refractivity contribution in [1.29, 1.82) is 0 Å². The number of nitrogens with zero attached hydrogens (tertiary/aromatic N) is 2. The molecule has 6 heteroatoms. The lowest BCUT2D eigenvalue weighted by Gasteiger charge is -2.24. The Morgan fingerprint density at radius 3 is 3.17 bits per heavy atom. The average Bonchev–Trinajstić information content (AvgIpc) is 2.80. The maximum Gasteiger partial charge on any atom is 0.257 e. The number of hydrogen-bond acceptors (Lipinski definition) is 3. The fraction of sp³-hybridized carbons (Fsp3) is 0.500. The smallest absolute Gasteiger partial charge is 0.257 e. The summed E-state index contributed by atoms with van der Waals surface area (Å²) in [6.07, 6.45) is 4.08. The molecular weight excluding hydrogens is 320 g/mol. The molecule has 0 aliphatic carbocycles. The van der Waals surface area contributed by atoms with E-state index in [0.717, 1.165) is 17.3 Å². The molecule has 1 saturated heterocycles. The van der Waals surface area contributed by atoms with Crippen LogP contribution in [0.1, 0.15) is 29.6 Å². The summed E-state index contributed by atoms with van der Waals surface area (Å²) >= 11 is 9.25. The fourth-order valence-corrected chi connectivity index (χ4v) is 2.79. The normalized spacial score (nSPS) is 19.3. The summed E-state index contributed by atoms with van der Waals surface area (Å²) in [5.41, 5.74) is 0.413. The Bertz CT molecular complexity index is 456. The van der Waals surface area contributed by atoms with Gasteiger partial charge in [-0.05, 0) is 41.3 Å². The number of aromatic nitrogens is 1. The Kier molecular flexibility index (Phi) is 4.59. The molecule has 1 amide bonds. The molecule has 1 aliphatic rings. The van der Waals surface area contributed by atoms with Crippen LogP contribution >= 0.6 is 27.5 Å². The molecule has 2 heterocycles. The van der Waals surface area contributed by atoms with Crippen LogP contribution < -0.4 is 0 Å². The summed E-state index contributed by atoms with van der Waals surface area (Å²) in [6, 6.07) is 1.80. The first-order valence-corrected chi connectivity index (χ1v) is 7.03. The van der Waals surface area contributed by atoms with Gasteiger partial charge in [-0.15, -0.1) is 0 Å². The van der Waals surface area contributed by atoms with Crippen LogP contribution in [0, 0.1) is 0 Å². The summed E-state index contributed by atoms with van der Waals surface area (Å²) < 4.78 is 0.730. The molecule has 0 bridgehead atoms. The molecule has 1 unspecified atom stereocenters. The number of likely N-dealkylation sites (tertiary alicyclic amines) is 1. The van der Waals surface area contributed by atoms with Gasteiger partial charge in [0.15, 0.2) is 0 Å². The number of hydrogen-bond donors (Lipinski definition) is 1. The van der Waals surface area contributed by atoms with E-state index >= 15 is 0 Å². The van der Waals surface area contributed by atoms with E-state index in [-0.39, 0.29) is 23.7 Å². The summed E-state index contributed by atoms with van der Waals surface area (Å²) in [7, 11) is 0. The van der Waals surface area contributed by atoms with E-state index in [1.807, 2.05) is 0 Å². The molecule has 1 aromatic heterocycles. The van der Waals surface area contributed by atoms with Gasteiger partial charge in [0.1, 0.15) is 5.15 Å². The molecule has 98 valence electrons. The Morgan fingerprint density at radius 2 is 2.44 bits per heavy atom. The van der Waals surface area contributed by atoms with Gasteiger partial charge in [0.05, 0.1) is 5.56 Å². The van der Waals surface area contributed by atoms with Crippen LogP contribution in [0.15, 0.2) is 16.7 Å². The first kappa shape index (κ1) is 13.8. The van der Waals surface area contributed by atoms with E-state index in [1.165, 1.54) is 0 Å². The number of carbonyl (C=O) groups is 1. The lowest BCUT2D eigenvalue weighted by atomic mass is 10.1. The van der Waals surface area contributed by atoms with Gasteiger partial charge in [-0.25, -0.2) is 4.98 Å². The topological polar surface area (TPSA) is 53.4 Å². The van der Waals surface area contributed by atoms with Gasteiger partial charge in [-0.3, -0.25) is 4.79 Å². The average molecular weight is 334 g/mol. The number of carbonyl (C=O) groups excluding carboxylic acids is 1. The Morgan fingerprint density at radius 1 is 1.67 bits per heavy atom. The molecule has 0 saturated carbocycles. The van der Waals surface area contributed by atoms with E-state index in [0.29, 0.717) is 18.5 Å². The minimum absolute atomic E-state index is 0.0961. The Hall–Kier alpha value is -0.650. The van der Waals surface area contributed by atoms with E-state index in [2.05, 4.69) is 20.9 Å². The van der Waals surface area contributed by atoms with Gasteiger partial charge in [0, 0.05) is 29.9 Å². The molecular formula is C12H14BrClN2O2. The molecule has 1 fully saturated rings. The molecule has 1 N–H and O–H groups in total. The molecule has 1 aromatic rings. The highest BCUT2D eigenvalue weighted by Gasteiger charge is 2.30. The van der Waals surface area contributed by atoms with Gasteiger partial charge in [0.25, 0.3) is 5.91 Å². The Balaban J connectivity index is 2.22. The van der Waals surface area contributed by atoms with Crippen molar-refractivity contribution in [2.24, 2.45) is 0 Å². The fourth-order valence-electron chi connectivity index (χ4n) is 2.28. The van der Waals surface area contributed by atoms with Gasteiger partial charge >= 0.3 is 0 Å². The first-order valence-electron chi connectivity index (χ1n) is 5.86. The SMILES string of the molecule is O=C(c1cc(Br)cnc1Cl)N1CCCC1CCO. The van der Waals surface area contributed by atoms with Crippen molar-refractivity contribution in [2.75, 3.05) is 13.2 Å². The van der Waals surface area contributed by atoms with Crippen LogP contribution in [0.5, 0.6) is 0 Å². The summed E-state index contributed by atoms with van der Waals surface area (Å²) in [5.74, 6) is -0.107. The molecule has 0 radical (unpaired) electrons. The van der Waals surface area contributed by atoms with E-state index in [4.69, 9.17) is 16.7 Å². The van der Waals surface area contributed by atoms with Crippen LogP contribution in [-0.4, -0.2) is 40.1 Å². The zero-order valence-electron chi connectivity index (χ0n) is 9.77. The van der Waals surface area contributed by atoms with Crippen molar-refractivity contribution in [3.05, 3.63) is 27.5 Å². The predicted molar refractivity (Wildman–Crippen MR) is 72.7 cm³/mol. The molecule has 4 nitrogen and oxygen atoms in total. The van der Waals surface area contributed by atoms with Crippen LogP contribution in [0.3, 0.4) is 0 Å². The highest BCUT2D eigenvalue weighted by molar-refractivity contribution is 9.10. The summed E-state index contributed by atoms with van der Waals surface area (Å²) in [5, 5.41) is 9.23. The van der Waals surface area contributed by atoms with E-state index in [1.54, 1.807) is 17.2 Å². The maximum absolute atomic E-state index is 12.4. The van der Waals surface area contributed by atoms with Crippen LogP contribution in [0.4, 0.5) is 0 Å². The standard InChI is InChI=1S/C12H14BrClN2O2/c13-8-6-10(11(14)15-7-8)12(18)16-4-1-2-9(16)3-5-17/h6-7,9,17H,1-5H2.